The molecule has 1 saturated heterocycles. The molecular formula is C26H27Cl2N3O3S. The topological polar surface area (TPSA) is 60.9 Å². The van der Waals surface area contributed by atoms with Crippen molar-refractivity contribution in [2.24, 2.45) is 0 Å². The summed E-state index contributed by atoms with van der Waals surface area (Å²) in [5.41, 5.74) is 3.50. The van der Waals surface area contributed by atoms with Gasteiger partial charge in [-0.1, -0.05) is 47.0 Å². The first-order chi connectivity index (χ1) is 16.6. The van der Waals surface area contributed by atoms with E-state index in [4.69, 9.17) is 23.2 Å². The fourth-order valence-corrected chi connectivity index (χ4v) is 5.81. The minimum Gasteiger partial charge on any atom is -0.368 e. The Hall–Kier alpha value is -2.74. The van der Waals surface area contributed by atoms with Gasteiger partial charge in [-0.3, -0.25) is 9.10 Å². The maximum absolute atomic E-state index is 13.6. The molecule has 3 aromatic carbocycles. The van der Waals surface area contributed by atoms with E-state index in [1.165, 1.54) is 0 Å². The van der Waals surface area contributed by atoms with Crippen LogP contribution in [0.3, 0.4) is 0 Å². The summed E-state index contributed by atoms with van der Waals surface area (Å²) in [5, 5.41) is 1.16. The number of carbonyl (C=O) groups is 1. The Labute approximate surface area is 216 Å². The Morgan fingerprint density at radius 2 is 1.46 bits per heavy atom. The number of carbonyl (C=O) groups excluding carboxylic acids is 1. The number of aryl methyl sites for hydroxylation is 2. The van der Waals surface area contributed by atoms with Gasteiger partial charge >= 0.3 is 0 Å². The fraction of sp³-hybridized carbons (Fsp3) is 0.269. The van der Waals surface area contributed by atoms with Crippen LogP contribution < -0.4 is 9.21 Å². The predicted molar refractivity (Wildman–Crippen MR) is 142 cm³/mol. The SMILES string of the molecule is Cc1ccc(S(=O)(=O)N(CC(=O)N2CCN(c3cc(Cl)ccc3C)CC2)c2ccc(Cl)cc2)cc1. The zero-order valence-electron chi connectivity index (χ0n) is 19.6. The van der Waals surface area contributed by atoms with Crippen molar-refractivity contribution in [3.8, 4) is 0 Å². The molecule has 6 nitrogen and oxygen atoms in total. The van der Waals surface area contributed by atoms with Gasteiger partial charge in [0, 0.05) is 41.9 Å². The van der Waals surface area contributed by atoms with E-state index in [2.05, 4.69) is 4.90 Å². The van der Waals surface area contributed by atoms with Crippen molar-refractivity contribution in [1.29, 1.82) is 0 Å². The molecule has 3 aromatic rings. The van der Waals surface area contributed by atoms with Gasteiger partial charge in [0.1, 0.15) is 6.54 Å². The van der Waals surface area contributed by atoms with E-state index in [9.17, 15) is 13.2 Å². The summed E-state index contributed by atoms with van der Waals surface area (Å²) in [7, 11) is -3.96. The summed E-state index contributed by atoms with van der Waals surface area (Å²) in [6.45, 7) is 5.88. The molecule has 0 spiro atoms. The van der Waals surface area contributed by atoms with Crippen LogP contribution in [0.1, 0.15) is 11.1 Å². The van der Waals surface area contributed by atoms with Crippen molar-refractivity contribution in [2.75, 3.05) is 41.9 Å². The highest BCUT2D eigenvalue weighted by atomic mass is 35.5. The van der Waals surface area contributed by atoms with Crippen molar-refractivity contribution in [3.05, 3.63) is 87.9 Å². The maximum Gasteiger partial charge on any atom is 0.264 e. The molecule has 1 fully saturated rings. The van der Waals surface area contributed by atoms with Crippen LogP contribution in [0.15, 0.2) is 71.6 Å². The minimum absolute atomic E-state index is 0.132. The average molecular weight is 532 g/mol. The second kappa shape index (κ2) is 10.5. The van der Waals surface area contributed by atoms with Crippen molar-refractivity contribution < 1.29 is 13.2 Å². The van der Waals surface area contributed by atoms with Crippen LogP contribution >= 0.6 is 23.2 Å². The number of benzene rings is 3. The molecule has 0 bridgehead atoms. The molecule has 4 rings (SSSR count). The molecule has 184 valence electrons. The van der Waals surface area contributed by atoms with Crippen LogP contribution in [0.4, 0.5) is 11.4 Å². The van der Waals surface area contributed by atoms with Gasteiger partial charge in [-0.15, -0.1) is 0 Å². The third kappa shape index (κ3) is 5.74. The largest absolute Gasteiger partial charge is 0.368 e. The van der Waals surface area contributed by atoms with E-state index in [1.54, 1.807) is 53.4 Å². The molecule has 0 saturated carbocycles. The summed E-state index contributed by atoms with van der Waals surface area (Å²) in [5.74, 6) is -0.252. The Bertz CT molecular complexity index is 1300. The number of piperazine rings is 1. The zero-order valence-corrected chi connectivity index (χ0v) is 21.9. The molecule has 1 heterocycles. The van der Waals surface area contributed by atoms with E-state index in [1.807, 2.05) is 32.0 Å². The lowest BCUT2D eigenvalue weighted by atomic mass is 10.1. The van der Waals surface area contributed by atoms with E-state index in [0.29, 0.717) is 41.9 Å². The number of rotatable bonds is 6. The highest BCUT2D eigenvalue weighted by Crippen LogP contribution is 2.27. The van der Waals surface area contributed by atoms with Crippen LogP contribution in [-0.4, -0.2) is 51.9 Å². The molecule has 0 radical (unpaired) electrons. The number of sulfonamides is 1. The van der Waals surface area contributed by atoms with Gasteiger partial charge in [0.2, 0.25) is 5.91 Å². The number of hydrogen-bond donors (Lipinski definition) is 0. The third-order valence-electron chi connectivity index (χ3n) is 6.15. The number of hydrogen-bond acceptors (Lipinski definition) is 4. The van der Waals surface area contributed by atoms with Crippen LogP contribution in [-0.2, 0) is 14.8 Å². The standard InChI is InChI=1S/C26H27Cl2N3O3S/c1-19-3-11-24(12-4-19)35(33,34)31(23-9-7-21(27)8-10-23)18-26(32)30-15-13-29(14-16-30)25-17-22(28)6-5-20(25)2/h3-12,17H,13-16,18H2,1-2H3. The molecule has 9 heteroatoms. The summed E-state index contributed by atoms with van der Waals surface area (Å²) in [4.78, 5) is 17.3. The van der Waals surface area contributed by atoms with Gasteiger partial charge < -0.3 is 9.80 Å². The predicted octanol–water partition coefficient (Wildman–Crippen LogP) is 5.15. The third-order valence-corrected chi connectivity index (χ3v) is 8.42. The number of amides is 1. The van der Waals surface area contributed by atoms with Gasteiger partial charge in [-0.2, -0.15) is 0 Å². The van der Waals surface area contributed by atoms with Gasteiger partial charge in [-0.25, -0.2) is 8.42 Å². The first-order valence-corrected chi connectivity index (χ1v) is 13.5. The molecule has 1 aliphatic heterocycles. The van der Waals surface area contributed by atoms with Gasteiger partial charge in [-0.05, 0) is 67.9 Å². The van der Waals surface area contributed by atoms with Crippen LogP contribution in [0.2, 0.25) is 10.0 Å². The van der Waals surface area contributed by atoms with E-state index < -0.39 is 10.0 Å². The lowest BCUT2D eigenvalue weighted by molar-refractivity contribution is -0.129. The average Bonchev–Trinajstić information content (AvgIpc) is 2.85. The highest BCUT2D eigenvalue weighted by molar-refractivity contribution is 7.92. The normalized spacial score (nSPS) is 14.2. The van der Waals surface area contributed by atoms with Crippen molar-refractivity contribution >= 4 is 50.5 Å². The van der Waals surface area contributed by atoms with Gasteiger partial charge in [0.05, 0.1) is 10.6 Å². The lowest BCUT2D eigenvalue weighted by Gasteiger charge is -2.37. The van der Waals surface area contributed by atoms with Crippen molar-refractivity contribution in [2.45, 2.75) is 18.7 Å². The summed E-state index contributed by atoms with van der Waals surface area (Å²) in [6.07, 6.45) is 0. The van der Waals surface area contributed by atoms with Crippen LogP contribution in [0.25, 0.3) is 0 Å². The summed E-state index contributed by atoms with van der Waals surface area (Å²) < 4.78 is 28.3. The summed E-state index contributed by atoms with van der Waals surface area (Å²) in [6, 6.07) is 18.8. The summed E-state index contributed by atoms with van der Waals surface area (Å²) >= 11 is 12.2. The monoisotopic (exact) mass is 531 g/mol. The van der Waals surface area contributed by atoms with Crippen molar-refractivity contribution in [3.63, 3.8) is 0 Å². The first kappa shape index (κ1) is 25.4. The Morgan fingerprint density at radius 3 is 2.09 bits per heavy atom. The molecular weight excluding hydrogens is 505 g/mol. The minimum atomic E-state index is -3.96. The van der Waals surface area contributed by atoms with Gasteiger partial charge in [0.25, 0.3) is 10.0 Å². The Kier molecular flexibility index (Phi) is 7.59. The lowest BCUT2D eigenvalue weighted by Crippen LogP contribution is -2.52. The fourth-order valence-electron chi connectivity index (χ4n) is 4.10. The van der Waals surface area contributed by atoms with Crippen LogP contribution in [0.5, 0.6) is 0 Å². The zero-order chi connectivity index (χ0) is 25.2. The number of nitrogens with zero attached hydrogens (tertiary/aromatic N) is 3. The quantitative estimate of drug-likeness (QED) is 0.441. The maximum atomic E-state index is 13.6. The van der Waals surface area contributed by atoms with Crippen molar-refractivity contribution in [1.82, 2.24) is 4.90 Å². The Morgan fingerprint density at radius 1 is 0.857 bits per heavy atom. The molecule has 0 unspecified atom stereocenters. The van der Waals surface area contributed by atoms with E-state index in [0.717, 1.165) is 21.1 Å². The Balaban J connectivity index is 1.53. The highest BCUT2D eigenvalue weighted by Gasteiger charge is 2.30. The smallest absolute Gasteiger partial charge is 0.264 e. The molecule has 1 amide bonds. The molecule has 1 aliphatic rings. The second-order valence-corrected chi connectivity index (χ2v) is 11.3. The second-order valence-electron chi connectivity index (χ2n) is 8.60. The molecule has 0 aromatic heterocycles. The molecule has 0 aliphatic carbocycles. The first-order valence-electron chi connectivity index (χ1n) is 11.3. The van der Waals surface area contributed by atoms with Crippen LogP contribution in [0, 0.1) is 13.8 Å². The van der Waals surface area contributed by atoms with E-state index in [-0.39, 0.29) is 17.3 Å². The molecule has 0 atom stereocenters. The number of anilines is 2. The van der Waals surface area contributed by atoms with Gasteiger partial charge in [0.15, 0.2) is 0 Å². The molecule has 35 heavy (non-hydrogen) atoms. The molecule has 0 N–H and O–H groups in total. The number of halogens is 2. The van der Waals surface area contributed by atoms with E-state index >= 15 is 0 Å².